The second-order valence-corrected chi connectivity index (χ2v) is 3.00. The molecule has 1 aromatic heterocycles. The highest BCUT2D eigenvalue weighted by Crippen LogP contribution is 2.13. The normalized spacial score (nSPS) is 11.8. The average Bonchev–Trinajstić information content (AvgIpc) is 2.03. The summed E-state index contributed by atoms with van der Waals surface area (Å²) in [4.78, 5) is 3.89. The van der Waals surface area contributed by atoms with Crippen LogP contribution < -0.4 is 0 Å². The zero-order valence-electron chi connectivity index (χ0n) is 6.25. The van der Waals surface area contributed by atoms with Crippen molar-refractivity contribution in [3.8, 4) is 0 Å². The Morgan fingerprint density at radius 3 is 2.83 bits per heavy atom. The minimum Gasteiger partial charge on any atom is -0.410 e. The Kier molecular flexibility index (Phi) is 2.89. The number of rotatable bonds is 1. The Bertz CT molecular complexity index is 325. The van der Waals surface area contributed by atoms with Crippen molar-refractivity contribution >= 4 is 28.4 Å². The third-order valence-corrected chi connectivity index (χ3v) is 1.79. The monoisotopic (exact) mass is 204 g/mol. The lowest BCUT2D eigenvalue weighted by Crippen LogP contribution is -1.98. The first-order chi connectivity index (χ1) is 5.65. The molecule has 0 aliphatic carbocycles. The third-order valence-electron chi connectivity index (χ3n) is 1.33. The molecule has 5 heteroatoms. The predicted molar refractivity (Wildman–Crippen MR) is 48.2 cm³/mol. The molecule has 0 radical (unpaired) electrons. The largest absolute Gasteiger partial charge is 0.410 e. The van der Waals surface area contributed by atoms with Gasteiger partial charge in [-0.2, -0.15) is 0 Å². The minimum absolute atomic E-state index is 0.0378. The maximum absolute atomic E-state index is 8.36. The topological polar surface area (TPSA) is 45.5 Å². The molecule has 0 unspecified atom stereocenters. The van der Waals surface area contributed by atoms with Crippen molar-refractivity contribution in [3.05, 3.63) is 28.5 Å². The maximum Gasteiger partial charge on any atom is 0.194 e. The van der Waals surface area contributed by atoms with Crippen LogP contribution in [0.5, 0.6) is 0 Å². The van der Waals surface area contributed by atoms with Gasteiger partial charge in [-0.1, -0.05) is 28.4 Å². The van der Waals surface area contributed by atoms with Crippen molar-refractivity contribution in [1.82, 2.24) is 4.98 Å². The van der Waals surface area contributed by atoms with Gasteiger partial charge in [0.1, 0.15) is 5.69 Å². The highest BCUT2D eigenvalue weighted by atomic mass is 35.5. The number of halogens is 2. The molecule has 1 N–H and O–H groups in total. The Morgan fingerprint density at radius 1 is 1.67 bits per heavy atom. The second kappa shape index (κ2) is 3.74. The van der Waals surface area contributed by atoms with E-state index in [9.17, 15) is 0 Å². The van der Waals surface area contributed by atoms with Crippen LogP contribution in [0.1, 0.15) is 11.3 Å². The summed E-state index contributed by atoms with van der Waals surface area (Å²) in [6.07, 6.45) is 1.44. The molecule has 0 saturated heterocycles. The molecule has 0 fully saturated rings. The quantitative estimate of drug-likeness (QED) is 0.434. The summed E-state index contributed by atoms with van der Waals surface area (Å²) in [6, 6.07) is 1.69. The number of hydrogen-bond acceptors (Lipinski definition) is 3. The van der Waals surface area contributed by atoms with Gasteiger partial charge < -0.3 is 5.21 Å². The Hall–Kier alpha value is -0.800. The van der Waals surface area contributed by atoms with Crippen LogP contribution >= 0.6 is 23.2 Å². The molecule has 0 saturated carbocycles. The number of aromatic nitrogens is 1. The number of pyridine rings is 1. The van der Waals surface area contributed by atoms with Gasteiger partial charge in [-0.25, -0.2) is 0 Å². The second-order valence-electron chi connectivity index (χ2n) is 2.21. The van der Waals surface area contributed by atoms with Crippen LogP contribution in [-0.4, -0.2) is 15.4 Å². The molecular formula is C7H6Cl2N2O. The van der Waals surface area contributed by atoms with Gasteiger partial charge >= 0.3 is 0 Å². The first kappa shape index (κ1) is 9.29. The Morgan fingerprint density at radius 2 is 2.33 bits per heavy atom. The van der Waals surface area contributed by atoms with Gasteiger partial charge in [0.2, 0.25) is 0 Å². The van der Waals surface area contributed by atoms with E-state index in [1.165, 1.54) is 6.20 Å². The van der Waals surface area contributed by atoms with E-state index in [2.05, 4.69) is 10.1 Å². The molecule has 1 rings (SSSR count). The van der Waals surface area contributed by atoms with E-state index in [-0.39, 0.29) is 5.17 Å². The van der Waals surface area contributed by atoms with Gasteiger partial charge in [-0.15, -0.1) is 0 Å². The van der Waals surface area contributed by atoms with E-state index in [1.807, 2.05) is 0 Å². The summed E-state index contributed by atoms with van der Waals surface area (Å²) in [5, 5.41) is 11.7. The highest BCUT2D eigenvalue weighted by molar-refractivity contribution is 6.69. The predicted octanol–water partition coefficient (Wildman–Crippen LogP) is 2.42. The SMILES string of the molecule is Cc1cc(Cl)cnc1/C(Cl)=N\O. The molecule has 0 aliphatic heterocycles. The summed E-state index contributed by atoms with van der Waals surface area (Å²) >= 11 is 11.2. The van der Waals surface area contributed by atoms with Crippen molar-refractivity contribution in [2.45, 2.75) is 6.92 Å². The average molecular weight is 205 g/mol. The number of aryl methyl sites for hydroxylation is 1. The zero-order chi connectivity index (χ0) is 9.14. The molecule has 0 atom stereocenters. The maximum atomic E-state index is 8.36. The van der Waals surface area contributed by atoms with Gasteiger partial charge in [0, 0.05) is 6.20 Å². The minimum atomic E-state index is -0.0378. The molecule has 1 heterocycles. The molecule has 0 amide bonds. The molecule has 12 heavy (non-hydrogen) atoms. The first-order valence-electron chi connectivity index (χ1n) is 3.15. The van der Waals surface area contributed by atoms with E-state index in [0.29, 0.717) is 10.7 Å². The van der Waals surface area contributed by atoms with Crippen molar-refractivity contribution in [3.63, 3.8) is 0 Å². The summed E-state index contributed by atoms with van der Waals surface area (Å²) in [5.74, 6) is 0. The van der Waals surface area contributed by atoms with E-state index >= 15 is 0 Å². The van der Waals surface area contributed by atoms with Gasteiger partial charge in [0.15, 0.2) is 5.17 Å². The van der Waals surface area contributed by atoms with Gasteiger partial charge in [0.05, 0.1) is 5.02 Å². The molecule has 0 spiro atoms. The molecule has 0 bridgehead atoms. The third kappa shape index (κ3) is 1.87. The number of hydrogen-bond donors (Lipinski definition) is 1. The fourth-order valence-electron chi connectivity index (χ4n) is 0.804. The van der Waals surface area contributed by atoms with Gasteiger partial charge in [-0.05, 0) is 18.6 Å². The number of oxime groups is 1. The van der Waals surface area contributed by atoms with Gasteiger partial charge in [-0.3, -0.25) is 4.98 Å². The lowest BCUT2D eigenvalue weighted by Gasteiger charge is -2.00. The van der Waals surface area contributed by atoms with Crippen LogP contribution in [-0.2, 0) is 0 Å². The lowest BCUT2D eigenvalue weighted by atomic mass is 10.2. The fourth-order valence-corrected chi connectivity index (χ4v) is 1.21. The Labute approximate surface area is 79.6 Å². The Balaban J connectivity index is 3.18. The molecule has 0 aliphatic rings. The first-order valence-corrected chi connectivity index (χ1v) is 3.91. The summed E-state index contributed by atoms with van der Waals surface area (Å²) < 4.78 is 0. The molecule has 0 aromatic carbocycles. The van der Waals surface area contributed by atoms with Crippen molar-refractivity contribution in [2.24, 2.45) is 5.16 Å². The smallest absolute Gasteiger partial charge is 0.194 e. The molecule has 3 nitrogen and oxygen atoms in total. The fraction of sp³-hybridized carbons (Fsp3) is 0.143. The van der Waals surface area contributed by atoms with Crippen LogP contribution in [0.4, 0.5) is 0 Å². The van der Waals surface area contributed by atoms with E-state index in [0.717, 1.165) is 5.56 Å². The van der Waals surface area contributed by atoms with Crippen molar-refractivity contribution in [2.75, 3.05) is 0 Å². The van der Waals surface area contributed by atoms with Crippen LogP contribution in [0.2, 0.25) is 5.02 Å². The van der Waals surface area contributed by atoms with E-state index in [1.54, 1.807) is 13.0 Å². The zero-order valence-corrected chi connectivity index (χ0v) is 7.76. The van der Waals surface area contributed by atoms with Crippen LogP contribution in [0.25, 0.3) is 0 Å². The van der Waals surface area contributed by atoms with E-state index < -0.39 is 0 Å². The highest BCUT2D eigenvalue weighted by Gasteiger charge is 2.06. The summed E-state index contributed by atoms with van der Waals surface area (Å²) in [7, 11) is 0. The van der Waals surface area contributed by atoms with Crippen molar-refractivity contribution in [1.29, 1.82) is 0 Å². The van der Waals surface area contributed by atoms with Crippen LogP contribution in [0.15, 0.2) is 17.4 Å². The van der Waals surface area contributed by atoms with Gasteiger partial charge in [0.25, 0.3) is 0 Å². The standard InChI is InChI=1S/C7H6Cl2N2O/c1-4-2-5(8)3-10-6(4)7(9)11-12/h2-3,12H,1H3/b11-7+. The van der Waals surface area contributed by atoms with Crippen LogP contribution in [0.3, 0.4) is 0 Å². The van der Waals surface area contributed by atoms with E-state index in [4.69, 9.17) is 28.4 Å². The molecule has 64 valence electrons. The summed E-state index contributed by atoms with van der Waals surface area (Å²) in [6.45, 7) is 1.78. The molecular weight excluding hydrogens is 199 g/mol. The van der Waals surface area contributed by atoms with Crippen molar-refractivity contribution < 1.29 is 5.21 Å². The molecule has 1 aromatic rings. The summed E-state index contributed by atoms with van der Waals surface area (Å²) in [5.41, 5.74) is 1.20. The lowest BCUT2D eigenvalue weighted by molar-refractivity contribution is 0.320. The number of nitrogens with zero attached hydrogens (tertiary/aromatic N) is 2. The van der Waals surface area contributed by atoms with Crippen LogP contribution in [0, 0.1) is 6.92 Å².